The maximum absolute atomic E-state index is 5.96. The fourth-order valence-corrected chi connectivity index (χ4v) is 2.47. The Labute approximate surface area is 105 Å². The van der Waals surface area contributed by atoms with Crippen LogP contribution in [0.15, 0.2) is 0 Å². The molecule has 1 aliphatic heterocycles. The minimum atomic E-state index is 0.151. The summed E-state index contributed by atoms with van der Waals surface area (Å²) < 4.78 is 0. The highest BCUT2D eigenvalue weighted by atomic mass is 35.5. The van der Waals surface area contributed by atoms with E-state index in [1.807, 2.05) is 0 Å². The maximum Gasteiger partial charge on any atom is 0.245 e. The minimum Gasteiger partial charge on any atom is -0.354 e. The van der Waals surface area contributed by atoms with Crippen LogP contribution >= 0.6 is 23.2 Å². The standard InChI is InChI=1S/C10H14Cl2N4/c1-2-3-7-4-5-16(6-7)9-8(11)14-15-10(12)13-9/h7H,2-6H2,1H3. The SMILES string of the molecule is CCCC1CCN(c2nc(Cl)nnc2Cl)C1. The first-order valence-electron chi connectivity index (χ1n) is 5.51. The molecule has 2 heterocycles. The van der Waals surface area contributed by atoms with Crippen LogP contribution in [0.1, 0.15) is 26.2 Å². The van der Waals surface area contributed by atoms with Gasteiger partial charge < -0.3 is 4.90 Å². The zero-order valence-corrected chi connectivity index (χ0v) is 10.7. The number of rotatable bonds is 3. The van der Waals surface area contributed by atoms with Crippen molar-refractivity contribution in [2.75, 3.05) is 18.0 Å². The highest BCUT2D eigenvalue weighted by Crippen LogP contribution is 2.29. The van der Waals surface area contributed by atoms with Crippen molar-refractivity contribution >= 4 is 29.0 Å². The number of hydrogen-bond donors (Lipinski definition) is 0. The molecule has 1 aliphatic rings. The summed E-state index contributed by atoms with van der Waals surface area (Å²) in [6.07, 6.45) is 3.65. The van der Waals surface area contributed by atoms with Crippen molar-refractivity contribution in [2.45, 2.75) is 26.2 Å². The molecule has 0 amide bonds. The summed E-state index contributed by atoms with van der Waals surface area (Å²) in [5, 5.41) is 7.87. The van der Waals surface area contributed by atoms with Gasteiger partial charge in [-0.2, -0.15) is 4.98 Å². The van der Waals surface area contributed by atoms with Gasteiger partial charge in [-0.05, 0) is 30.4 Å². The van der Waals surface area contributed by atoms with Gasteiger partial charge in [0.2, 0.25) is 5.28 Å². The molecule has 6 heteroatoms. The molecule has 0 N–H and O–H groups in total. The van der Waals surface area contributed by atoms with Crippen LogP contribution in [-0.4, -0.2) is 28.3 Å². The smallest absolute Gasteiger partial charge is 0.245 e. The fraction of sp³-hybridized carbons (Fsp3) is 0.700. The van der Waals surface area contributed by atoms with Crippen LogP contribution in [0.2, 0.25) is 10.4 Å². The fourth-order valence-electron chi connectivity index (χ4n) is 2.16. The first-order valence-corrected chi connectivity index (χ1v) is 6.27. The van der Waals surface area contributed by atoms with Crippen molar-refractivity contribution in [3.8, 4) is 0 Å². The molecular formula is C10H14Cl2N4. The summed E-state index contributed by atoms with van der Waals surface area (Å²) in [6.45, 7) is 4.17. The summed E-state index contributed by atoms with van der Waals surface area (Å²) in [6, 6.07) is 0. The molecule has 1 fully saturated rings. The Morgan fingerprint density at radius 2 is 2.19 bits per heavy atom. The van der Waals surface area contributed by atoms with Crippen molar-refractivity contribution in [1.82, 2.24) is 15.2 Å². The molecule has 1 atom stereocenters. The van der Waals surface area contributed by atoms with Gasteiger partial charge in [0.05, 0.1) is 0 Å². The lowest BCUT2D eigenvalue weighted by Gasteiger charge is -2.17. The van der Waals surface area contributed by atoms with E-state index >= 15 is 0 Å². The highest BCUT2D eigenvalue weighted by molar-refractivity contribution is 6.32. The lowest BCUT2D eigenvalue weighted by atomic mass is 10.0. The zero-order valence-electron chi connectivity index (χ0n) is 9.16. The minimum absolute atomic E-state index is 0.151. The van der Waals surface area contributed by atoms with Crippen LogP contribution in [0.5, 0.6) is 0 Å². The molecule has 0 radical (unpaired) electrons. The van der Waals surface area contributed by atoms with Crippen molar-refractivity contribution in [3.63, 3.8) is 0 Å². The Hall–Kier alpha value is -0.610. The van der Waals surface area contributed by atoms with Crippen molar-refractivity contribution in [3.05, 3.63) is 10.4 Å². The molecule has 1 unspecified atom stereocenters. The van der Waals surface area contributed by atoms with Crippen LogP contribution in [0, 0.1) is 5.92 Å². The molecule has 0 spiro atoms. The van der Waals surface area contributed by atoms with E-state index < -0.39 is 0 Å². The molecule has 0 saturated carbocycles. The van der Waals surface area contributed by atoms with E-state index in [4.69, 9.17) is 23.2 Å². The molecular weight excluding hydrogens is 247 g/mol. The number of hydrogen-bond acceptors (Lipinski definition) is 4. The summed E-state index contributed by atoms with van der Waals surface area (Å²) in [5.74, 6) is 1.40. The third-order valence-corrected chi connectivity index (χ3v) is 3.29. The third-order valence-electron chi connectivity index (χ3n) is 2.89. The third kappa shape index (κ3) is 2.55. The zero-order chi connectivity index (χ0) is 11.5. The van der Waals surface area contributed by atoms with Gasteiger partial charge in [0.1, 0.15) is 0 Å². The van der Waals surface area contributed by atoms with Crippen molar-refractivity contribution in [2.24, 2.45) is 5.92 Å². The summed E-state index contributed by atoms with van der Waals surface area (Å²) in [5.41, 5.74) is 0. The first kappa shape index (κ1) is 11.9. The summed E-state index contributed by atoms with van der Waals surface area (Å²) >= 11 is 11.7. The molecule has 0 aliphatic carbocycles. The van der Waals surface area contributed by atoms with E-state index in [2.05, 4.69) is 27.0 Å². The predicted octanol–water partition coefficient (Wildman–Crippen LogP) is 2.80. The number of halogens is 2. The van der Waals surface area contributed by atoms with E-state index in [0.717, 1.165) is 19.0 Å². The second kappa shape index (κ2) is 5.15. The number of anilines is 1. The van der Waals surface area contributed by atoms with Gasteiger partial charge in [0, 0.05) is 13.1 Å². The molecule has 1 aromatic heterocycles. The Balaban J connectivity index is 2.11. The number of nitrogens with zero attached hydrogens (tertiary/aromatic N) is 4. The average molecular weight is 261 g/mol. The van der Waals surface area contributed by atoms with Gasteiger partial charge in [0.25, 0.3) is 0 Å². The van der Waals surface area contributed by atoms with E-state index in [-0.39, 0.29) is 5.28 Å². The normalized spacial score (nSPS) is 20.4. The molecule has 1 aromatic rings. The van der Waals surface area contributed by atoms with Crippen LogP contribution in [0.3, 0.4) is 0 Å². The van der Waals surface area contributed by atoms with Crippen molar-refractivity contribution < 1.29 is 0 Å². The van der Waals surface area contributed by atoms with Gasteiger partial charge in [0.15, 0.2) is 11.0 Å². The molecule has 88 valence electrons. The van der Waals surface area contributed by atoms with Gasteiger partial charge in [-0.3, -0.25) is 0 Å². The second-order valence-corrected chi connectivity index (χ2v) is 4.78. The molecule has 2 rings (SSSR count). The molecule has 0 bridgehead atoms. The van der Waals surface area contributed by atoms with Crippen molar-refractivity contribution in [1.29, 1.82) is 0 Å². The topological polar surface area (TPSA) is 41.9 Å². The quantitative estimate of drug-likeness (QED) is 0.839. The van der Waals surface area contributed by atoms with Gasteiger partial charge in [-0.25, -0.2) is 0 Å². The Morgan fingerprint density at radius 3 is 2.94 bits per heavy atom. The Morgan fingerprint density at radius 1 is 1.38 bits per heavy atom. The van der Waals surface area contributed by atoms with E-state index in [1.54, 1.807) is 0 Å². The Bertz CT molecular complexity index is 372. The average Bonchev–Trinajstić information content (AvgIpc) is 2.71. The van der Waals surface area contributed by atoms with Crippen LogP contribution in [-0.2, 0) is 0 Å². The molecule has 0 aromatic carbocycles. The largest absolute Gasteiger partial charge is 0.354 e. The lowest BCUT2D eigenvalue weighted by molar-refractivity contribution is 0.529. The molecule has 16 heavy (non-hydrogen) atoms. The Kier molecular flexibility index (Phi) is 3.82. The monoisotopic (exact) mass is 260 g/mol. The van der Waals surface area contributed by atoms with Gasteiger partial charge >= 0.3 is 0 Å². The van der Waals surface area contributed by atoms with Crippen LogP contribution < -0.4 is 4.90 Å². The van der Waals surface area contributed by atoms with E-state index in [9.17, 15) is 0 Å². The summed E-state index contributed by atoms with van der Waals surface area (Å²) in [4.78, 5) is 6.28. The van der Waals surface area contributed by atoms with E-state index in [0.29, 0.717) is 11.0 Å². The number of aromatic nitrogens is 3. The first-order chi connectivity index (χ1) is 7.70. The molecule has 1 saturated heterocycles. The molecule has 4 nitrogen and oxygen atoms in total. The maximum atomic E-state index is 5.96. The van der Waals surface area contributed by atoms with E-state index in [1.165, 1.54) is 19.3 Å². The van der Waals surface area contributed by atoms with Crippen LogP contribution in [0.25, 0.3) is 0 Å². The highest BCUT2D eigenvalue weighted by Gasteiger charge is 2.25. The summed E-state index contributed by atoms with van der Waals surface area (Å²) in [7, 11) is 0. The lowest BCUT2D eigenvalue weighted by Crippen LogP contribution is -2.22. The van der Waals surface area contributed by atoms with Crippen LogP contribution in [0.4, 0.5) is 5.82 Å². The van der Waals surface area contributed by atoms with Gasteiger partial charge in [-0.1, -0.05) is 24.9 Å². The predicted molar refractivity (Wildman–Crippen MR) is 65.1 cm³/mol. The second-order valence-electron chi connectivity index (χ2n) is 4.08. The van der Waals surface area contributed by atoms with Gasteiger partial charge in [-0.15, -0.1) is 10.2 Å².